The van der Waals surface area contributed by atoms with Crippen molar-refractivity contribution in [3.63, 3.8) is 0 Å². The van der Waals surface area contributed by atoms with Crippen molar-refractivity contribution in [3.8, 4) is 0 Å². The molecule has 4 aliphatic rings. The zero-order valence-corrected chi connectivity index (χ0v) is 27.2. The van der Waals surface area contributed by atoms with Crippen molar-refractivity contribution in [2.24, 2.45) is 5.41 Å². The maximum absolute atomic E-state index is 12.4. The number of fused-ring (bicyclic) bond motifs is 1. The van der Waals surface area contributed by atoms with Crippen LogP contribution in [0.15, 0.2) is 46.6 Å². The van der Waals surface area contributed by atoms with E-state index in [1.54, 1.807) is 18.5 Å². The van der Waals surface area contributed by atoms with Gasteiger partial charge < -0.3 is 26.4 Å². The summed E-state index contributed by atoms with van der Waals surface area (Å²) in [5, 5.41) is 7.29. The molecule has 242 valence electrons. The van der Waals surface area contributed by atoms with Crippen LogP contribution >= 0.6 is 23.4 Å². The lowest BCUT2D eigenvalue weighted by Gasteiger charge is -2.43. The van der Waals surface area contributed by atoms with Crippen LogP contribution in [0.4, 0.5) is 17.5 Å². The molecule has 6 N–H and O–H groups in total. The molecule has 4 aliphatic heterocycles. The number of benzene rings is 1. The van der Waals surface area contributed by atoms with Crippen LogP contribution < -0.4 is 27.0 Å². The third-order valence-electron chi connectivity index (χ3n) is 9.88. The van der Waals surface area contributed by atoms with Gasteiger partial charge in [0.1, 0.15) is 16.7 Å². The van der Waals surface area contributed by atoms with Gasteiger partial charge in [0.15, 0.2) is 5.82 Å². The van der Waals surface area contributed by atoms with Gasteiger partial charge in [-0.15, -0.1) is 0 Å². The van der Waals surface area contributed by atoms with E-state index in [2.05, 4.69) is 60.5 Å². The first-order valence-corrected chi connectivity index (χ1v) is 16.9. The molecule has 1 unspecified atom stereocenters. The Morgan fingerprint density at radius 1 is 1.13 bits per heavy atom. The van der Waals surface area contributed by atoms with Crippen molar-refractivity contribution in [3.05, 3.63) is 58.4 Å². The van der Waals surface area contributed by atoms with Gasteiger partial charge in [0.05, 0.1) is 30.0 Å². The second kappa shape index (κ2) is 12.6. The Hall–Kier alpha value is -3.49. The quantitative estimate of drug-likeness (QED) is 0.274. The molecule has 0 saturated carbocycles. The average Bonchev–Trinajstić information content (AvgIpc) is 3.59. The van der Waals surface area contributed by atoms with Gasteiger partial charge in [-0.05, 0) is 48.9 Å². The lowest BCUT2D eigenvalue weighted by Crippen LogP contribution is -2.52. The first kappa shape index (κ1) is 31.1. The van der Waals surface area contributed by atoms with Gasteiger partial charge in [-0.3, -0.25) is 19.8 Å². The zero-order valence-electron chi connectivity index (χ0n) is 25.7. The van der Waals surface area contributed by atoms with Crippen molar-refractivity contribution in [1.29, 1.82) is 0 Å². The predicted octanol–water partition coefficient (Wildman–Crippen LogP) is 3.13. The molecule has 14 heteroatoms. The topological polar surface area (TPSA) is 165 Å². The van der Waals surface area contributed by atoms with E-state index < -0.39 is 0 Å². The number of amides is 2. The van der Waals surface area contributed by atoms with Crippen LogP contribution in [0.1, 0.15) is 49.3 Å². The molecule has 1 aromatic carbocycles. The molecule has 2 aromatic heterocycles. The maximum atomic E-state index is 12.4. The first-order valence-electron chi connectivity index (χ1n) is 15.7. The summed E-state index contributed by atoms with van der Waals surface area (Å²) in [6.45, 7) is 6.73. The zero-order chi connectivity index (χ0) is 32.0. The Morgan fingerprint density at radius 2 is 1.93 bits per heavy atom. The molecule has 0 radical (unpaired) electrons. The summed E-state index contributed by atoms with van der Waals surface area (Å²) in [4.78, 5) is 42.5. The SMILES string of the molecule is C[C@@H]1OCC2(CCN(c3cnc(Sc4ccnc(N)c4Cl)c(N)n3)CC2)[C@@H]1NCc1ccc2c(c1)CN(C1CCC(=O)NC1=O)C2. The van der Waals surface area contributed by atoms with Gasteiger partial charge in [0.2, 0.25) is 11.8 Å². The van der Waals surface area contributed by atoms with Crippen LogP contribution in [-0.2, 0) is 34.0 Å². The number of carbonyl (C=O) groups excluding carboxylic acids is 2. The minimum atomic E-state index is -0.251. The summed E-state index contributed by atoms with van der Waals surface area (Å²) in [6.07, 6.45) is 6.37. The van der Waals surface area contributed by atoms with E-state index >= 15 is 0 Å². The Bertz CT molecular complexity index is 1670. The van der Waals surface area contributed by atoms with Crippen LogP contribution in [0.5, 0.6) is 0 Å². The van der Waals surface area contributed by atoms with Crippen LogP contribution in [0.25, 0.3) is 0 Å². The number of pyridine rings is 1. The highest BCUT2D eigenvalue weighted by atomic mass is 35.5. The molecule has 1 spiro atoms. The van der Waals surface area contributed by atoms with Crippen molar-refractivity contribution in [1.82, 2.24) is 30.5 Å². The van der Waals surface area contributed by atoms with Gasteiger partial charge in [-0.25, -0.2) is 15.0 Å². The molecule has 2 amide bonds. The number of nitrogens with zero attached hydrogens (tertiary/aromatic N) is 5. The largest absolute Gasteiger partial charge is 0.382 e. The molecule has 3 saturated heterocycles. The van der Waals surface area contributed by atoms with Gasteiger partial charge in [-0.2, -0.15) is 0 Å². The summed E-state index contributed by atoms with van der Waals surface area (Å²) in [5.74, 6) is 1.02. The highest BCUT2D eigenvalue weighted by Crippen LogP contribution is 2.43. The standard InChI is InChI=1S/C32H38ClN9O3S/c1-18-27(37-13-19-2-3-20-15-42(16-21(20)12-19)22-4-5-25(43)40-30(22)44)32(17-45-18)7-10-41(11-8-32)24-14-38-31(29(35)39-24)46-23-6-9-36-28(34)26(23)33/h2-3,6,9,12,14,18,22,27,37H,4-5,7-8,10-11,13,15-17H2,1H3,(H2,34,36)(H2,35,39)(H,40,43,44)/t18-,22?,27+/m0/s1. The van der Waals surface area contributed by atoms with E-state index in [9.17, 15) is 9.59 Å². The second-order valence-corrected chi connectivity index (χ2v) is 14.1. The van der Waals surface area contributed by atoms with E-state index in [4.69, 9.17) is 27.8 Å². The number of hydrogen-bond acceptors (Lipinski definition) is 12. The van der Waals surface area contributed by atoms with Gasteiger partial charge >= 0.3 is 0 Å². The summed E-state index contributed by atoms with van der Waals surface area (Å²) in [7, 11) is 0. The normalized spacial score (nSPS) is 24.4. The smallest absolute Gasteiger partial charge is 0.243 e. The molecule has 12 nitrogen and oxygen atoms in total. The van der Waals surface area contributed by atoms with E-state index in [0.717, 1.165) is 62.9 Å². The lowest BCUT2D eigenvalue weighted by atomic mass is 9.73. The average molecular weight is 664 g/mol. The number of ether oxygens (including phenoxy) is 1. The summed E-state index contributed by atoms with van der Waals surface area (Å²) < 4.78 is 6.25. The van der Waals surface area contributed by atoms with E-state index in [-0.39, 0.29) is 41.2 Å². The molecule has 3 aromatic rings. The van der Waals surface area contributed by atoms with E-state index in [1.165, 1.54) is 28.5 Å². The number of imide groups is 1. The number of rotatable bonds is 7. The lowest BCUT2D eigenvalue weighted by molar-refractivity contribution is -0.137. The third kappa shape index (κ3) is 6.02. The fourth-order valence-electron chi connectivity index (χ4n) is 7.30. The second-order valence-electron chi connectivity index (χ2n) is 12.7. The minimum Gasteiger partial charge on any atom is -0.382 e. The number of nitrogen functional groups attached to an aromatic ring is 2. The van der Waals surface area contributed by atoms with Crippen molar-refractivity contribution >= 4 is 52.6 Å². The maximum Gasteiger partial charge on any atom is 0.243 e. The summed E-state index contributed by atoms with van der Waals surface area (Å²) in [5.41, 5.74) is 15.9. The van der Waals surface area contributed by atoms with Crippen molar-refractivity contribution < 1.29 is 14.3 Å². The van der Waals surface area contributed by atoms with Crippen LogP contribution in [-0.4, -0.2) is 69.6 Å². The minimum absolute atomic E-state index is 0.0298. The fourth-order valence-corrected chi connectivity index (χ4v) is 8.32. The van der Waals surface area contributed by atoms with Crippen LogP contribution in [0.2, 0.25) is 5.02 Å². The number of hydrogen-bond donors (Lipinski definition) is 4. The van der Waals surface area contributed by atoms with Gasteiger partial charge in [0, 0.05) is 61.7 Å². The van der Waals surface area contributed by atoms with E-state index in [0.29, 0.717) is 28.7 Å². The number of aromatic nitrogens is 3. The number of anilines is 3. The number of halogens is 1. The Labute approximate surface area is 277 Å². The van der Waals surface area contributed by atoms with Crippen molar-refractivity contribution in [2.45, 2.75) is 80.4 Å². The van der Waals surface area contributed by atoms with Crippen molar-refractivity contribution in [2.75, 3.05) is 36.1 Å². The molecule has 6 heterocycles. The summed E-state index contributed by atoms with van der Waals surface area (Å²) >= 11 is 7.63. The fraction of sp³-hybridized carbons (Fsp3) is 0.469. The Kier molecular flexibility index (Phi) is 8.53. The highest BCUT2D eigenvalue weighted by molar-refractivity contribution is 7.99. The van der Waals surface area contributed by atoms with Gasteiger partial charge in [0.25, 0.3) is 0 Å². The van der Waals surface area contributed by atoms with E-state index in [1.807, 2.05) is 0 Å². The monoisotopic (exact) mass is 663 g/mol. The third-order valence-corrected chi connectivity index (χ3v) is 11.5. The van der Waals surface area contributed by atoms with Gasteiger partial charge in [-0.1, -0.05) is 41.6 Å². The molecule has 0 bridgehead atoms. The molecule has 7 rings (SSSR count). The molecule has 3 fully saturated rings. The summed E-state index contributed by atoms with van der Waals surface area (Å²) in [6, 6.07) is 8.36. The number of piperidine rings is 2. The Balaban J connectivity index is 0.963. The van der Waals surface area contributed by atoms with Crippen LogP contribution in [0, 0.1) is 5.41 Å². The Morgan fingerprint density at radius 3 is 2.72 bits per heavy atom. The van der Waals surface area contributed by atoms with Crippen LogP contribution in [0.3, 0.4) is 0 Å². The molecular formula is C32H38ClN9O3S. The number of nitrogens with one attached hydrogen (secondary N) is 2. The molecule has 46 heavy (non-hydrogen) atoms. The molecule has 3 atom stereocenters. The molecular weight excluding hydrogens is 626 g/mol. The first-order chi connectivity index (χ1) is 22.2. The number of nitrogens with two attached hydrogens (primary N) is 2. The number of carbonyl (C=O) groups is 2. The predicted molar refractivity (Wildman–Crippen MR) is 176 cm³/mol. The highest BCUT2D eigenvalue weighted by Gasteiger charge is 2.49. The molecule has 0 aliphatic carbocycles.